The van der Waals surface area contributed by atoms with Crippen LogP contribution in [0.5, 0.6) is 5.75 Å². The Labute approximate surface area is 135 Å². The van der Waals surface area contributed by atoms with Gasteiger partial charge in [0.25, 0.3) is 0 Å². The average molecular weight is 318 g/mol. The number of anilines is 1. The predicted octanol–water partition coefficient (Wildman–Crippen LogP) is 2.11. The van der Waals surface area contributed by atoms with Gasteiger partial charge in [0.05, 0.1) is 18.2 Å². The molecule has 7 heteroatoms. The van der Waals surface area contributed by atoms with Crippen LogP contribution in [0, 0.1) is 5.92 Å². The lowest BCUT2D eigenvalue weighted by atomic mass is 10.1. The van der Waals surface area contributed by atoms with Crippen molar-refractivity contribution in [2.75, 3.05) is 18.5 Å². The quantitative estimate of drug-likeness (QED) is 0.641. The van der Waals surface area contributed by atoms with Crippen LogP contribution in [0.15, 0.2) is 29.4 Å². The number of ether oxygens (including phenoxy) is 1. The second-order valence-corrected chi connectivity index (χ2v) is 5.23. The Morgan fingerprint density at radius 1 is 1.39 bits per heavy atom. The van der Waals surface area contributed by atoms with E-state index in [0.29, 0.717) is 37.4 Å². The maximum absolute atomic E-state index is 11.9. The molecule has 0 radical (unpaired) electrons. The highest BCUT2D eigenvalue weighted by atomic mass is 16.5. The molecule has 3 N–H and O–H groups in total. The summed E-state index contributed by atoms with van der Waals surface area (Å²) in [5, 5.41) is 9.26. The van der Waals surface area contributed by atoms with Crippen molar-refractivity contribution in [1.82, 2.24) is 10.7 Å². The van der Waals surface area contributed by atoms with Crippen molar-refractivity contribution >= 4 is 23.8 Å². The van der Waals surface area contributed by atoms with Gasteiger partial charge in [-0.2, -0.15) is 5.10 Å². The second kappa shape index (κ2) is 8.77. The minimum atomic E-state index is -0.290. The molecule has 0 bridgehead atoms. The fourth-order valence-corrected chi connectivity index (χ4v) is 2.15. The molecular formula is C16H22N4O3. The first kappa shape index (κ1) is 16.8. The molecule has 1 aliphatic rings. The Kier molecular flexibility index (Phi) is 6.40. The van der Waals surface area contributed by atoms with E-state index in [4.69, 9.17) is 4.74 Å². The molecular weight excluding hydrogens is 296 g/mol. The molecule has 1 aliphatic heterocycles. The first-order chi connectivity index (χ1) is 11.2. The molecule has 2 rings (SSSR count). The molecule has 7 nitrogen and oxygen atoms in total. The van der Waals surface area contributed by atoms with Gasteiger partial charge in [-0.1, -0.05) is 19.1 Å². The van der Waals surface area contributed by atoms with Crippen molar-refractivity contribution in [1.29, 1.82) is 0 Å². The lowest BCUT2D eigenvalue weighted by Gasteiger charge is -2.12. The van der Waals surface area contributed by atoms with E-state index in [1.807, 2.05) is 25.1 Å². The highest BCUT2D eigenvalue weighted by Crippen LogP contribution is 2.23. The summed E-state index contributed by atoms with van der Waals surface area (Å²) in [6.45, 7) is 3.12. The summed E-state index contributed by atoms with van der Waals surface area (Å²) in [6.07, 6.45) is 3.86. The number of amides is 3. The molecule has 1 atom stereocenters. The highest BCUT2D eigenvalue weighted by molar-refractivity contribution is 5.97. The van der Waals surface area contributed by atoms with E-state index in [2.05, 4.69) is 21.2 Å². The van der Waals surface area contributed by atoms with Crippen LogP contribution in [0.4, 0.5) is 10.5 Å². The molecule has 1 unspecified atom stereocenters. The number of carbonyl (C=O) groups is 2. The number of hydrogen-bond donors (Lipinski definition) is 3. The molecule has 0 fully saturated rings. The van der Waals surface area contributed by atoms with Gasteiger partial charge in [0.1, 0.15) is 5.75 Å². The number of benzene rings is 1. The van der Waals surface area contributed by atoms with Gasteiger partial charge >= 0.3 is 6.03 Å². The number of urea groups is 1. The number of carbonyl (C=O) groups excluding carboxylic acids is 2. The predicted molar refractivity (Wildman–Crippen MR) is 88.6 cm³/mol. The Bertz CT molecular complexity index is 574. The number of rotatable bonds is 8. The number of para-hydroxylation sites is 2. The smallest absolute Gasteiger partial charge is 0.319 e. The van der Waals surface area contributed by atoms with E-state index >= 15 is 0 Å². The van der Waals surface area contributed by atoms with E-state index < -0.39 is 0 Å². The van der Waals surface area contributed by atoms with Gasteiger partial charge < -0.3 is 15.4 Å². The molecule has 0 spiro atoms. The minimum Gasteiger partial charge on any atom is -0.491 e. The van der Waals surface area contributed by atoms with Gasteiger partial charge in [-0.15, -0.1) is 0 Å². The van der Waals surface area contributed by atoms with E-state index in [9.17, 15) is 9.59 Å². The lowest BCUT2D eigenvalue weighted by Crippen LogP contribution is -2.30. The Hall–Kier alpha value is -2.57. The summed E-state index contributed by atoms with van der Waals surface area (Å²) in [7, 11) is 0. The fourth-order valence-electron chi connectivity index (χ4n) is 2.15. The van der Waals surface area contributed by atoms with Gasteiger partial charge in [0.2, 0.25) is 5.91 Å². The van der Waals surface area contributed by atoms with Gasteiger partial charge in [0, 0.05) is 12.8 Å². The van der Waals surface area contributed by atoms with Crippen LogP contribution >= 0.6 is 0 Å². The number of nitrogens with one attached hydrogen (secondary N) is 3. The van der Waals surface area contributed by atoms with Crippen LogP contribution in [-0.4, -0.2) is 31.3 Å². The first-order valence-electron chi connectivity index (χ1n) is 7.80. The fraction of sp³-hybridized carbons (Fsp3) is 0.438. The SMILES string of the molecule is CCCOc1ccccc1NC(=O)NCCCC1C=NNC1=O. The molecule has 0 aromatic heterocycles. The first-order valence-corrected chi connectivity index (χ1v) is 7.80. The highest BCUT2D eigenvalue weighted by Gasteiger charge is 2.19. The summed E-state index contributed by atoms with van der Waals surface area (Å²) in [5.41, 5.74) is 3.03. The number of hydrogen-bond acceptors (Lipinski definition) is 4. The molecule has 0 saturated carbocycles. The van der Waals surface area contributed by atoms with Crippen molar-refractivity contribution in [2.24, 2.45) is 11.0 Å². The van der Waals surface area contributed by atoms with Crippen LogP contribution in [0.1, 0.15) is 26.2 Å². The molecule has 124 valence electrons. The summed E-state index contributed by atoms with van der Waals surface area (Å²) in [6, 6.07) is 7.03. The zero-order valence-electron chi connectivity index (χ0n) is 13.2. The molecule has 1 aromatic carbocycles. The van der Waals surface area contributed by atoms with E-state index in [1.54, 1.807) is 12.3 Å². The zero-order valence-corrected chi connectivity index (χ0v) is 13.2. The summed E-state index contributed by atoms with van der Waals surface area (Å²) in [4.78, 5) is 23.2. The van der Waals surface area contributed by atoms with E-state index in [1.165, 1.54) is 0 Å². The van der Waals surface area contributed by atoms with Crippen LogP contribution in [0.3, 0.4) is 0 Å². The molecule has 0 aliphatic carbocycles. The van der Waals surface area contributed by atoms with Crippen molar-refractivity contribution in [3.05, 3.63) is 24.3 Å². The largest absolute Gasteiger partial charge is 0.491 e. The number of hydrazone groups is 1. The topological polar surface area (TPSA) is 91.8 Å². The maximum Gasteiger partial charge on any atom is 0.319 e. The third kappa shape index (κ3) is 5.28. The standard InChI is InChI=1S/C16H22N4O3/c1-2-10-23-14-8-4-3-7-13(14)19-16(22)17-9-5-6-12-11-18-20-15(12)21/h3-4,7-8,11-12H,2,5-6,9-10H2,1H3,(H,20,21)(H2,17,19,22). The number of nitrogens with zero attached hydrogens (tertiary/aromatic N) is 1. The molecule has 1 heterocycles. The Morgan fingerprint density at radius 2 is 2.22 bits per heavy atom. The third-order valence-corrected chi connectivity index (χ3v) is 3.34. The van der Waals surface area contributed by atoms with Gasteiger partial charge in [-0.25, -0.2) is 10.2 Å². The average Bonchev–Trinajstić information content (AvgIpc) is 2.96. The van der Waals surface area contributed by atoms with Crippen molar-refractivity contribution < 1.29 is 14.3 Å². The third-order valence-electron chi connectivity index (χ3n) is 3.34. The van der Waals surface area contributed by atoms with Gasteiger partial charge in [-0.05, 0) is 31.4 Å². The van der Waals surface area contributed by atoms with E-state index in [0.717, 1.165) is 6.42 Å². The van der Waals surface area contributed by atoms with Crippen molar-refractivity contribution in [2.45, 2.75) is 26.2 Å². The van der Waals surface area contributed by atoms with Crippen LogP contribution in [0.25, 0.3) is 0 Å². The molecule has 3 amide bonds. The van der Waals surface area contributed by atoms with Crippen molar-refractivity contribution in [3.8, 4) is 5.75 Å². The van der Waals surface area contributed by atoms with Gasteiger partial charge in [0.15, 0.2) is 0 Å². The second-order valence-electron chi connectivity index (χ2n) is 5.23. The normalized spacial score (nSPS) is 16.0. The molecule has 1 aromatic rings. The monoisotopic (exact) mass is 318 g/mol. The lowest BCUT2D eigenvalue weighted by molar-refractivity contribution is -0.122. The van der Waals surface area contributed by atoms with E-state index in [-0.39, 0.29) is 17.9 Å². The Morgan fingerprint density at radius 3 is 2.96 bits per heavy atom. The van der Waals surface area contributed by atoms with Gasteiger partial charge in [-0.3, -0.25) is 4.79 Å². The molecule has 23 heavy (non-hydrogen) atoms. The summed E-state index contributed by atoms with van der Waals surface area (Å²) in [5.74, 6) is 0.378. The maximum atomic E-state index is 11.9. The summed E-state index contributed by atoms with van der Waals surface area (Å²) < 4.78 is 5.59. The van der Waals surface area contributed by atoms with Crippen LogP contribution in [0.2, 0.25) is 0 Å². The van der Waals surface area contributed by atoms with Crippen molar-refractivity contribution in [3.63, 3.8) is 0 Å². The summed E-state index contributed by atoms with van der Waals surface area (Å²) >= 11 is 0. The molecule has 0 saturated heterocycles. The van der Waals surface area contributed by atoms with Crippen LogP contribution in [-0.2, 0) is 4.79 Å². The Balaban J connectivity index is 1.72. The zero-order chi connectivity index (χ0) is 16.5. The minimum absolute atomic E-state index is 0.0866. The van der Waals surface area contributed by atoms with Crippen LogP contribution < -0.4 is 20.8 Å².